The molecule has 5 rings (SSSR count). The smallest absolute Gasteiger partial charge is 0.322 e. The molecular formula is C30H33FN8O6. The van der Waals surface area contributed by atoms with Crippen LogP contribution >= 0.6 is 0 Å². The van der Waals surface area contributed by atoms with E-state index in [1.807, 2.05) is 0 Å². The number of hydrogen-bond donors (Lipinski definition) is 3. The molecule has 3 aromatic heterocycles. The number of benzene rings is 1. The van der Waals surface area contributed by atoms with Crippen molar-refractivity contribution < 1.29 is 33.5 Å². The first-order valence-corrected chi connectivity index (χ1v) is 14.5. The van der Waals surface area contributed by atoms with E-state index in [1.54, 1.807) is 35.0 Å². The Morgan fingerprint density at radius 2 is 1.76 bits per heavy atom. The second kappa shape index (κ2) is 13.2. The first-order chi connectivity index (χ1) is 21.5. The number of rotatable bonds is 11. The quantitative estimate of drug-likeness (QED) is 0.224. The summed E-state index contributed by atoms with van der Waals surface area (Å²) < 4.78 is 18.7. The number of carbonyl (C=O) groups excluding carboxylic acids is 4. The molecule has 15 heteroatoms. The van der Waals surface area contributed by atoms with Crippen molar-refractivity contribution >= 4 is 51.4 Å². The van der Waals surface area contributed by atoms with Gasteiger partial charge in [-0.3, -0.25) is 23.9 Å². The molecular weight excluding hydrogens is 587 g/mol. The molecule has 0 aliphatic carbocycles. The summed E-state index contributed by atoms with van der Waals surface area (Å²) >= 11 is 0. The van der Waals surface area contributed by atoms with Crippen LogP contribution in [0.4, 0.5) is 4.39 Å². The number of piperidine rings is 1. The summed E-state index contributed by atoms with van der Waals surface area (Å²) in [5.41, 5.74) is 2.53. The Hall–Kier alpha value is -5.21. The van der Waals surface area contributed by atoms with Crippen molar-refractivity contribution in [3.05, 3.63) is 42.1 Å². The van der Waals surface area contributed by atoms with Crippen LogP contribution in [0, 0.1) is 5.82 Å². The first kappa shape index (κ1) is 31.2. The first-order valence-electron chi connectivity index (χ1n) is 14.5. The number of carboxylic acid groups (broad SMARTS) is 1. The molecule has 45 heavy (non-hydrogen) atoms. The third-order valence-electron chi connectivity index (χ3n) is 7.89. The molecule has 4 heterocycles. The lowest BCUT2D eigenvalue weighted by atomic mass is 9.89. The topological polar surface area (TPSA) is 181 Å². The number of nitrogens with one attached hydrogen (secondary N) is 2. The lowest BCUT2D eigenvalue weighted by Crippen LogP contribution is -2.40. The highest BCUT2D eigenvalue weighted by Gasteiger charge is 2.30. The van der Waals surface area contributed by atoms with Gasteiger partial charge in [-0.1, -0.05) is 0 Å². The number of likely N-dealkylation sites (tertiary alicyclic amines) is 1. The van der Waals surface area contributed by atoms with Crippen LogP contribution in [0.1, 0.15) is 44.2 Å². The molecule has 3 N–H and O–H groups in total. The van der Waals surface area contributed by atoms with E-state index in [0.29, 0.717) is 59.2 Å². The zero-order chi connectivity index (χ0) is 32.2. The highest BCUT2D eigenvalue weighted by atomic mass is 19.1. The Morgan fingerprint density at radius 3 is 2.47 bits per heavy atom. The maximum atomic E-state index is 15.6. The van der Waals surface area contributed by atoms with Gasteiger partial charge in [0.2, 0.25) is 17.7 Å². The summed E-state index contributed by atoms with van der Waals surface area (Å²) in [5, 5.41) is 23.6. The summed E-state index contributed by atoms with van der Waals surface area (Å²) in [5.74, 6) is -3.16. The van der Waals surface area contributed by atoms with Crippen LogP contribution < -0.4 is 10.6 Å². The van der Waals surface area contributed by atoms with Gasteiger partial charge < -0.3 is 25.4 Å². The third-order valence-corrected chi connectivity index (χ3v) is 7.89. The number of aliphatic carboxylic acids is 1. The lowest BCUT2D eigenvalue weighted by molar-refractivity contribution is -0.137. The van der Waals surface area contributed by atoms with Gasteiger partial charge >= 0.3 is 5.97 Å². The number of halogens is 1. The van der Waals surface area contributed by atoms with Crippen LogP contribution in [0.15, 0.2) is 30.6 Å². The molecule has 1 fully saturated rings. The van der Waals surface area contributed by atoms with Gasteiger partial charge in [0.05, 0.1) is 29.3 Å². The summed E-state index contributed by atoms with van der Waals surface area (Å²) in [6.45, 7) is 1.06. The summed E-state index contributed by atoms with van der Waals surface area (Å²) in [6.07, 6.45) is 4.57. The number of carbonyl (C=O) groups is 5. The van der Waals surface area contributed by atoms with Crippen LogP contribution in [0.25, 0.3) is 33.1 Å². The molecule has 0 saturated carbocycles. The minimum Gasteiger partial charge on any atom is -0.480 e. The molecule has 1 saturated heterocycles. The van der Waals surface area contributed by atoms with Crippen molar-refractivity contribution in [1.82, 2.24) is 40.1 Å². The van der Waals surface area contributed by atoms with Crippen molar-refractivity contribution in [2.24, 2.45) is 7.05 Å². The summed E-state index contributed by atoms with van der Waals surface area (Å²) in [7, 11) is 1.77. The van der Waals surface area contributed by atoms with E-state index in [9.17, 15) is 24.0 Å². The normalized spacial score (nSPS) is 13.7. The van der Waals surface area contributed by atoms with Crippen molar-refractivity contribution in [2.75, 3.05) is 26.2 Å². The summed E-state index contributed by atoms with van der Waals surface area (Å²) in [4.78, 5) is 65.7. The number of pyridine rings is 1. The standard InChI is InChI=1S/C30H33FN8O6/c1-17(40)3-4-26(43)38-9-6-18(7-10-38)29-28-20(21-12-23-19(11-22(21)31)13-35-37(23)2)5-8-32-30(28)39(36-29)16-25(42)33-14-24(41)34-15-27(44)45/h5,8,11-13,18H,3-4,6-7,9-10,14-16H2,1-2H3,(H,33,42)(H,34,41)(H,44,45). The third kappa shape index (κ3) is 6.97. The van der Waals surface area contributed by atoms with E-state index < -0.39 is 36.7 Å². The SMILES string of the molecule is CC(=O)CCC(=O)N1CCC(c2nn(CC(=O)NCC(=O)NCC(=O)O)c3nccc(-c4cc5c(cnn5C)cc4F)c23)CC1. The van der Waals surface area contributed by atoms with Crippen LogP contribution in [0.3, 0.4) is 0 Å². The molecule has 0 radical (unpaired) electrons. The van der Waals surface area contributed by atoms with Crippen molar-refractivity contribution in [3.8, 4) is 11.1 Å². The van der Waals surface area contributed by atoms with Crippen LogP contribution in [-0.4, -0.2) is 90.2 Å². The van der Waals surface area contributed by atoms with E-state index in [2.05, 4.69) is 20.7 Å². The van der Waals surface area contributed by atoms with Gasteiger partial charge in [-0.25, -0.2) is 14.1 Å². The van der Waals surface area contributed by atoms with E-state index >= 15 is 4.39 Å². The molecule has 0 atom stereocenters. The molecule has 1 aliphatic rings. The number of Topliss-reactive ketones (excluding diaryl/α,β-unsaturated/α-hetero) is 1. The van der Waals surface area contributed by atoms with E-state index in [4.69, 9.17) is 10.2 Å². The van der Waals surface area contributed by atoms with Gasteiger partial charge in [-0.2, -0.15) is 10.2 Å². The molecule has 4 aromatic rings. The number of nitrogens with zero attached hydrogens (tertiary/aromatic N) is 6. The number of fused-ring (bicyclic) bond motifs is 2. The molecule has 3 amide bonds. The largest absolute Gasteiger partial charge is 0.480 e. The fourth-order valence-corrected chi connectivity index (χ4v) is 5.58. The van der Waals surface area contributed by atoms with Gasteiger partial charge in [0, 0.05) is 56.0 Å². The predicted molar refractivity (Wildman–Crippen MR) is 159 cm³/mol. The Kier molecular flexibility index (Phi) is 9.16. The average molecular weight is 621 g/mol. The van der Waals surface area contributed by atoms with Gasteiger partial charge in [0.25, 0.3) is 0 Å². The molecule has 0 spiro atoms. The van der Waals surface area contributed by atoms with Crippen LogP contribution in [0.2, 0.25) is 0 Å². The van der Waals surface area contributed by atoms with E-state index in [1.165, 1.54) is 23.9 Å². The monoisotopic (exact) mass is 620 g/mol. The maximum absolute atomic E-state index is 15.6. The second-order valence-corrected chi connectivity index (χ2v) is 11.1. The fraction of sp³-hybridized carbons (Fsp3) is 0.400. The summed E-state index contributed by atoms with van der Waals surface area (Å²) in [6, 6.07) is 4.83. The zero-order valence-corrected chi connectivity index (χ0v) is 24.9. The minimum atomic E-state index is -1.21. The van der Waals surface area contributed by atoms with Crippen molar-refractivity contribution in [2.45, 2.75) is 45.1 Å². The Balaban J connectivity index is 1.47. The predicted octanol–water partition coefficient (Wildman–Crippen LogP) is 1.52. The highest BCUT2D eigenvalue weighted by Crippen LogP contribution is 2.39. The molecule has 0 bridgehead atoms. The van der Waals surface area contributed by atoms with Crippen LogP contribution in [-0.2, 0) is 37.6 Å². The Morgan fingerprint density at radius 1 is 1.02 bits per heavy atom. The second-order valence-electron chi connectivity index (χ2n) is 11.1. The van der Waals surface area contributed by atoms with Gasteiger partial charge in [-0.15, -0.1) is 0 Å². The fourth-order valence-electron chi connectivity index (χ4n) is 5.58. The number of carboxylic acids is 1. The Labute approximate surface area is 256 Å². The number of ketones is 1. The molecule has 1 aromatic carbocycles. The lowest BCUT2D eigenvalue weighted by Gasteiger charge is -2.31. The van der Waals surface area contributed by atoms with Crippen LogP contribution in [0.5, 0.6) is 0 Å². The van der Waals surface area contributed by atoms with Gasteiger partial charge in [0.1, 0.15) is 24.7 Å². The molecule has 0 unspecified atom stereocenters. The molecule has 14 nitrogen and oxygen atoms in total. The van der Waals surface area contributed by atoms with Gasteiger partial charge in [0.15, 0.2) is 5.65 Å². The van der Waals surface area contributed by atoms with E-state index in [-0.39, 0.29) is 37.0 Å². The molecule has 1 aliphatic heterocycles. The van der Waals surface area contributed by atoms with Crippen molar-refractivity contribution in [1.29, 1.82) is 0 Å². The number of hydrogen-bond acceptors (Lipinski definition) is 8. The van der Waals surface area contributed by atoms with Gasteiger partial charge in [-0.05, 0) is 43.5 Å². The van der Waals surface area contributed by atoms with E-state index in [0.717, 1.165) is 5.52 Å². The molecule has 236 valence electrons. The average Bonchev–Trinajstić information content (AvgIpc) is 3.56. The highest BCUT2D eigenvalue weighted by molar-refractivity contribution is 5.98. The zero-order valence-electron chi connectivity index (χ0n) is 24.9. The van der Waals surface area contributed by atoms with Crippen molar-refractivity contribution in [3.63, 3.8) is 0 Å². The minimum absolute atomic E-state index is 0.0447. The Bertz CT molecular complexity index is 1810. The maximum Gasteiger partial charge on any atom is 0.322 e. The number of amides is 3. The number of aromatic nitrogens is 5. The number of aryl methyl sites for hydroxylation is 1.